The summed E-state index contributed by atoms with van der Waals surface area (Å²) >= 11 is 1.47. The van der Waals surface area contributed by atoms with Gasteiger partial charge in [-0.1, -0.05) is 13.8 Å². The fourth-order valence-corrected chi connectivity index (χ4v) is 2.69. The van der Waals surface area contributed by atoms with Crippen LogP contribution in [0.25, 0.3) is 0 Å². The first-order valence-electron chi connectivity index (χ1n) is 9.02. The lowest BCUT2D eigenvalue weighted by Crippen LogP contribution is -2.54. The summed E-state index contributed by atoms with van der Waals surface area (Å²) in [5.41, 5.74) is 5.47. The fraction of sp³-hybridized carbons (Fsp3) is 0.765. The van der Waals surface area contributed by atoms with Crippen LogP contribution in [0.2, 0.25) is 0 Å². The maximum atomic E-state index is 12.5. The van der Waals surface area contributed by atoms with E-state index in [1.165, 1.54) is 18.7 Å². The van der Waals surface area contributed by atoms with E-state index in [0.29, 0.717) is 12.2 Å². The molecule has 3 amide bonds. The zero-order valence-electron chi connectivity index (χ0n) is 16.7. The van der Waals surface area contributed by atoms with E-state index in [1.54, 1.807) is 0 Å². The van der Waals surface area contributed by atoms with E-state index in [0.717, 1.165) is 0 Å². The smallest absolute Gasteiger partial charge is 0.326 e. The van der Waals surface area contributed by atoms with Crippen molar-refractivity contribution in [3.63, 3.8) is 0 Å². The van der Waals surface area contributed by atoms with Gasteiger partial charge in [-0.3, -0.25) is 14.4 Å². The lowest BCUT2D eigenvalue weighted by Gasteiger charge is -2.23. The molecule has 7 N–H and O–H groups in total. The van der Waals surface area contributed by atoms with E-state index in [2.05, 4.69) is 16.0 Å². The first kappa shape index (κ1) is 26.1. The molecule has 0 fully saturated rings. The molecule has 0 spiro atoms. The van der Waals surface area contributed by atoms with Crippen molar-refractivity contribution < 1.29 is 29.4 Å². The summed E-state index contributed by atoms with van der Waals surface area (Å²) in [6.45, 7) is 4.65. The molecule has 0 heterocycles. The number of carboxylic acid groups (broad SMARTS) is 1. The van der Waals surface area contributed by atoms with E-state index in [9.17, 15) is 29.4 Å². The molecule has 0 aliphatic carbocycles. The number of aliphatic hydroxyl groups is 1. The van der Waals surface area contributed by atoms with Crippen LogP contribution in [0.15, 0.2) is 0 Å². The number of rotatable bonds is 13. The number of carbonyl (C=O) groups excluding carboxylic acids is 3. The topological polar surface area (TPSA) is 171 Å². The van der Waals surface area contributed by atoms with Crippen molar-refractivity contribution in [2.75, 3.05) is 18.6 Å². The maximum absolute atomic E-state index is 12.5. The van der Waals surface area contributed by atoms with Crippen LogP contribution in [-0.2, 0) is 19.2 Å². The highest BCUT2D eigenvalue weighted by Gasteiger charge is 2.27. The van der Waals surface area contributed by atoms with Crippen molar-refractivity contribution in [1.82, 2.24) is 16.0 Å². The third kappa shape index (κ3) is 10.5. The van der Waals surface area contributed by atoms with Crippen LogP contribution in [0.5, 0.6) is 0 Å². The minimum Gasteiger partial charge on any atom is -0.480 e. The highest BCUT2D eigenvalue weighted by atomic mass is 32.2. The maximum Gasteiger partial charge on any atom is 0.326 e. The second-order valence-electron chi connectivity index (χ2n) is 6.91. The molecule has 0 rings (SSSR count). The Balaban J connectivity index is 4.87. The summed E-state index contributed by atoms with van der Waals surface area (Å²) in [5, 5.41) is 25.8. The van der Waals surface area contributed by atoms with E-state index >= 15 is 0 Å². The first-order chi connectivity index (χ1) is 13.0. The van der Waals surface area contributed by atoms with E-state index in [4.69, 9.17) is 5.73 Å². The standard InChI is InChI=1S/C17H32N4O6S/c1-9(2)7-12(15(24)21-11(17(26)27)5-6-28-4)20-13(23)8-19-16(25)14(18)10(3)22/h9-12,14,22H,5-8,18H2,1-4H3,(H,19,25)(H,20,23)(H,21,24)(H,26,27). The van der Waals surface area contributed by atoms with Crippen LogP contribution < -0.4 is 21.7 Å². The van der Waals surface area contributed by atoms with Crippen molar-refractivity contribution in [3.05, 3.63) is 0 Å². The summed E-state index contributed by atoms with van der Waals surface area (Å²) in [6, 6.07) is -3.16. The minimum atomic E-state index is -1.17. The van der Waals surface area contributed by atoms with Gasteiger partial charge in [0.25, 0.3) is 0 Å². The van der Waals surface area contributed by atoms with Crippen LogP contribution in [-0.4, -0.2) is 76.7 Å². The van der Waals surface area contributed by atoms with Gasteiger partial charge in [-0.05, 0) is 37.7 Å². The zero-order chi connectivity index (χ0) is 21.9. The molecule has 0 aromatic heterocycles. The molecule has 10 nitrogen and oxygen atoms in total. The molecular formula is C17H32N4O6S. The van der Waals surface area contributed by atoms with E-state index in [1.807, 2.05) is 20.1 Å². The van der Waals surface area contributed by atoms with Gasteiger partial charge in [0.05, 0.1) is 12.6 Å². The highest BCUT2D eigenvalue weighted by Crippen LogP contribution is 2.07. The average molecular weight is 421 g/mol. The molecule has 0 saturated carbocycles. The largest absolute Gasteiger partial charge is 0.480 e. The number of aliphatic carboxylic acids is 1. The van der Waals surface area contributed by atoms with Crippen molar-refractivity contribution in [2.45, 2.75) is 57.8 Å². The molecular weight excluding hydrogens is 388 g/mol. The van der Waals surface area contributed by atoms with Crippen molar-refractivity contribution in [1.29, 1.82) is 0 Å². The second-order valence-corrected chi connectivity index (χ2v) is 7.90. The number of nitrogens with one attached hydrogen (secondary N) is 3. The third-order valence-corrected chi connectivity index (χ3v) is 4.47. The number of thioether (sulfide) groups is 1. The predicted octanol–water partition coefficient (Wildman–Crippen LogP) is -1.34. The Morgan fingerprint density at radius 2 is 1.64 bits per heavy atom. The molecule has 162 valence electrons. The quantitative estimate of drug-likeness (QED) is 0.213. The number of amides is 3. The summed E-state index contributed by atoms with van der Waals surface area (Å²) in [6.07, 6.45) is 1.32. The van der Waals surface area contributed by atoms with Crippen LogP contribution in [0.3, 0.4) is 0 Å². The molecule has 11 heteroatoms. The van der Waals surface area contributed by atoms with Gasteiger partial charge in [-0.2, -0.15) is 11.8 Å². The number of hydrogen-bond acceptors (Lipinski definition) is 7. The Morgan fingerprint density at radius 3 is 2.11 bits per heavy atom. The summed E-state index contributed by atoms with van der Waals surface area (Å²) in [5.74, 6) is -2.43. The third-order valence-electron chi connectivity index (χ3n) is 3.83. The van der Waals surface area contributed by atoms with Crippen LogP contribution in [0, 0.1) is 5.92 Å². The van der Waals surface area contributed by atoms with E-state index < -0.39 is 54.5 Å². The van der Waals surface area contributed by atoms with Gasteiger partial charge >= 0.3 is 5.97 Å². The molecule has 4 atom stereocenters. The Kier molecular flexibility index (Phi) is 12.5. The normalized spacial score (nSPS) is 15.2. The minimum absolute atomic E-state index is 0.0591. The zero-order valence-corrected chi connectivity index (χ0v) is 17.5. The number of carboxylic acids is 1. The van der Waals surface area contributed by atoms with Crippen molar-refractivity contribution >= 4 is 35.5 Å². The van der Waals surface area contributed by atoms with Gasteiger partial charge < -0.3 is 31.9 Å². The van der Waals surface area contributed by atoms with Gasteiger partial charge in [-0.25, -0.2) is 4.79 Å². The van der Waals surface area contributed by atoms with Gasteiger partial charge in [0.2, 0.25) is 17.7 Å². The summed E-state index contributed by atoms with van der Waals surface area (Å²) < 4.78 is 0. The molecule has 0 aliphatic heterocycles. The molecule has 0 radical (unpaired) electrons. The number of hydrogen-bond donors (Lipinski definition) is 6. The van der Waals surface area contributed by atoms with E-state index in [-0.39, 0.29) is 12.3 Å². The van der Waals surface area contributed by atoms with Crippen LogP contribution in [0.1, 0.15) is 33.6 Å². The average Bonchev–Trinajstić information content (AvgIpc) is 2.60. The molecule has 0 aliphatic rings. The van der Waals surface area contributed by atoms with Gasteiger partial charge in [0, 0.05) is 0 Å². The molecule has 0 saturated heterocycles. The number of nitrogens with two attached hydrogens (primary N) is 1. The highest BCUT2D eigenvalue weighted by molar-refractivity contribution is 7.98. The Hall–Kier alpha value is -1.85. The van der Waals surface area contributed by atoms with Gasteiger partial charge in [0.15, 0.2) is 0 Å². The molecule has 0 bridgehead atoms. The summed E-state index contributed by atoms with van der Waals surface area (Å²) in [7, 11) is 0. The van der Waals surface area contributed by atoms with Crippen molar-refractivity contribution in [3.8, 4) is 0 Å². The van der Waals surface area contributed by atoms with Crippen LogP contribution in [0.4, 0.5) is 0 Å². The molecule has 0 aromatic carbocycles. The first-order valence-corrected chi connectivity index (χ1v) is 10.4. The van der Waals surface area contributed by atoms with Crippen molar-refractivity contribution in [2.24, 2.45) is 11.7 Å². The Morgan fingerprint density at radius 1 is 1.04 bits per heavy atom. The fourth-order valence-electron chi connectivity index (χ4n) is 2.22. The molecule has 4 unspecified atom stereocenters. The lowest BCUT2D eigenvalue weighted by atomic mass is 10.0. The van der Waals surface area contributed by atoms with Gasteiger partial charge in [0.1, 0.15) is 18.1 Å². The second kappa shape index (κ2) is 13.3. The SMILES string of the molecule is CSCCC(NC(=O)C(CC(C)C)NC(=O)CNC(=O)C(N)C(C)O)C(=O)O. The predicted molar refractivity (Wildman–Crippen MR) is 107 cm³/mol. The monoisotopic (exact) mass is 420 g/mol. The molecule has 0 aromatic rings. The van der Waals surface area contributed by atoms with Crippen LogP contribution >= 0.6 is 11.8 Å². The van der Waals surface area contributed by atoms with Gasteiger partial charge in [-0.15, -0.1) is 0 Å². The molecule has 28 heavy (non-hydrogen) atoms. The lowest BCUT2D eigenvalue weighted by molar-refractivity contribution is -0.142. The number of carbonyl (C=O) groups is 4. The number of aliphatic hydroxyl groups excluding tert-OH is 1. The summed E-state index contributed by atoms with van der Waals surface area (Å²) in [4.78, 5) is 47.6. The Labute approximate surface area is 169 Å². The Bertz CT molecular complexity index is 544.